The molecule has 2 heterocycles. The number of carboxylic acid groups (broad SMARTS) is 1. The molecule has 2 aromatic carbocycles. The summed E-state index contributed by atoms with van der Waals surface area (Å²) in [5.74, 6) is -1.26. The lowest BCUT2D eigenvalue weighted by Gasteiger charge is -2.18. The van der Waals surface area contributed by atoms with Crippen molar-refractivity contribution in [3.63, 3.8) is 0 Å². The van der Waals surface area contributed by atoms with Crippen LogP contribution in [0.1, 0.15) is 28.5 Å². The van der Waals surface area contributed by atoms with E-state index in [1.807, 2.05) is 34.9 Å². The second-order valence-electron chi connectivity index (χ2n) is 6.12. The van der Waals surface area contributed by atoms with E-state index < -0.39 is 12.0 Å². The molecule has 2 aromatic heterocycles. The summed E-state index contributed by atoms with van der Waals surface area (Å²) in [6.07, 6.45) is 1.54. The summed E-state index contributed by atoms with van der Waals surface area (Å²) in [4.78, 5) is 28.1. The highest BCUT2D eigenvalue weighted by atomic mass is 32.1. The van der Waals surface area contributed by atoms with Crippen molar-refractivity contribution in [3.8, 4) is 0 Å². The van der Waals surface area contributed by atoms with Crippen molar-refractivity contribution in [1.82, 2.24) is 19.1 Å². The third-order valence-corrected chi connectivity index (χ3v) is 4.82. The van der Waals surface area contributed by atoms with E-state index in [1.165, 1.54) is 0 Å². The molecule has 0 aliphatic carbocycles. The van der Waals surface area contributed by atoms with Crippen molar-refractivity contribution in [2.75, 3.05) is 5.32 Å². The average molecular weight is 393 g/mol. The molecule has 2 N–H and O–H groups in total. The fourth-order valence-corrected chi connectivity index (χ4v) is 3.46. The van der Waals surface area contributed by atoms with Gasteiger partial charge in [-0.05, 0) is 35.3 Å². The Morgan fingerprint density at radius 1 is 1.18 bits per heavy atom. The Bertz CT molecular complexity index is 1130. The number of rotatable bonds is 6. The summed E-state index contributed by atoms with van der Waals surface area (Å²) < 4.78 is 5.50. The first-order valence-electron chi connectivity index (χ1n) is 8.43. The molecule has 0 saturated heterocycles. The number of benzene rings is 2. The SMILES string of the molecule is O=C(O)CC(c1ccccc1)n1cnc2ccc(NC(=O)c3csnn3)cc21. The fourth-order valence-electron chi connectivity index (χ4n) is 3.03. The lowest BCUT2D eigenvalue weighted by Crippen LogP contribution is -2.15. The number of aromatic nitrogens is 4. The molecule has 140 valence electrons. The molecule has 0 spiro atoms. The molecule has 0 aliphatic heterocycles. The van der Waals surface area contributed by atoms with Crippen molar-refractivity contribution in [2.45, 2.75) is 12.5 Å². The van der Waals surface area contributed by atoms with Crippen LogP contribution in [-0.4, -0.2) is 36.1 Å². The standard InChI is InChI=1S/C19H15N5O3S/c25-18(26)9-16(12-4-2-1-3-5-12)24-11-20-14-7-6-13(8-17(14)24)21-19(27)15-10-28-23-22-15/h1-8,10-11,16H,9H2,(H,21,27)(H,25,26). The number of carbonyl (C=O) groups excluding carboxylic acids is 1. The molecular formula is C19H15N5O3S. The molecule has 4 aromatic rings. The lowest BCUT2D eigenvalue weighted by atomic mass is 10.0. The molecule has 0 saturated carbocycles. The number of nitrogens with one attached hydrogen (secondary N) is 1. The summed E-state index contributed by atoms with van der Waals surface area (Å²) >= 11 is 1.10. The van der Waals surface area contributed by atoms with Crippen molar-refractivity contribution in [2.24, 2.45) is 0 Å². The second-order valence-corrected chi connectivity index (χ2v) is 6.73. The highest BCUT2D eigenvalue weighted by Gasteiger charge is 2.20. The first-order chi connectivity index (χ1) is 13.6. The van der Waals surface area contributed by atoms with Crippen LogP contribution in [0.4, 0.5) is 5.69 Å². The number of amides is 1. The van der Waals surface area contributed by atoms with Crippen LogP contribution in [0.2, 0.25) is 0 Å². The first-order valence-corrected chi connectivity index (χ1v) is 9.27. The maximum Gasteiger partial charge on any atom is 0.305 e. The number of aliphatic carboxylic acids is 1. The number of anilines is 1. The quantitative estimate of drug-likeness (QED) is 0.520. The number of hydrogen-bond donors (Lipinski definition) is 2. The summed E-state index contributed by atoms with van der Waals surface area (Å²) in [6.45, 7) is 0. The summed E-state index contributed by atoms with van der Waals surface area (Å²) in [7, 11) is 0. The Hall–Kier alpha value is -3.59. The van der Waals surface area contributed by atoms with Gasteiger partial charge in [0.2, 0.25) is 0 Å². The third kappa shape index (κ3) is 3.60. The van der Waals surface area contributed by atoms with E-state index in [0.717, 1.165) is 22.6 Å². The van der Waals surface area contributed by atoms with E-state index in [2.05, 4.69) is 19.9 Å². The van der Waals surface area contributed by atoms with Gasteiger partial charge in [0.15, 0.2) is 5.69 Å². The molecule has 0 bridgehead atoms. The minimum absolute atomic E-state index is 0.0868. The number of fused-ring (bicyclic) bond motifs is 1. The molecular weight excluding hydrogens is 378 g/mol. The largest absolute Gasteiger partial charge is 0.481 e. The van der Waals surface area contributed by atoms with E-state index in [-0.39, 0.29) is 18.0 Å². The summed E-state index contributed by atoms with van der Waals surface area (Å²) in [5.41, 5.74) is 3.11. The van der Waals surface area contributed by atoms with Crippen LogP contribution in [0.25, 0.3) is 11.0 Å². The van der Waals surface area contributed by atoms with Gasteiger partial charge in [0.25, 0.3) is 5.91 Å². The zero-order chi connectivity index (χ0) is 19.5. The van der Waals surface area contributed by atoms with Crippen molar-refractivity contribution in [3.05, 3.63) is 71.5 Å². The van der Waals surface area contributed by atoms with E-state index >= 15 is 0 Å². The van der Waals surface area contributed by atoms with Gasteiger partial charge in [-0.3, -0.25) is 9.59 Å². The molecule has 1 atom stereocenters. The predicted molar refractivity (Wildman–Crippen MR) is 104 cm³/mol. The molecule has 9 heteroatoms. The zero-order valence-corrected chi connectivity index (χ0v) is 15.3. The van der Waals surface area contributed by atoms with Crippen LogP contribution < -0.4 is 5.32 Å². The number of hydrogen-bond acceptors (Lipinski definition) is 6. The molecule has 1 amide bonds. The third-order valence-electron chi connectivity index (χ3n) is 4.31. The number of imidazole rings is 1. The smallest absolute Gasteiger partial charge is 0.305 e. The summed E-state index contributed by atoms with van der Waals surface area (Å²) in [6, 6.07) is 14.3. The van der Waals surface area contributed by atoms with Gasteiger partial charge < -0.3 is 15.0 Å². The van der Waals surface area contributed by atoms with E-state index in [0.29, 0.717) is 11.2 Å². The maximum atomic E-state index is 12.2. The highest BCUT2D eigenvalue weighted by molar-refractivity contribution is 7.03. The second kappa shape index (κ2) is 7.57. The van der Waals surface area contributed by atoms with Crippen LogP contribution >= 0.6 is 11.5 Å². The van der Waals surface area contributed by atoms with E-state index in [9.17, 15) is 14.7 Å². The van der Waals surface area contributed by atoms with Crippen LogP contribution in [0, 0.1) is 0 Å². The molecule has 8 nitrogen and oxygen atoms in total. The minimum atomic E-state index is -0.906. The van der Waals surface area contributed by atoms with Gasteiger partial charge in [-0.15, -0.1) is 5.10 Å². The molecule has 4 rings (SSSR count). The first kappa shape index (κ1) is 17.8. The van der Waals surface area contributed by atoms with Gasteiger partial charge in [-0.25, -0.2) is 4.98 Å². The number of carboxylic acids is 1. The number of nitrogens with zero attached hydrogens (tertiary/aromatic N) is 4. The topological polar surface area (TPSA) is 110 Å². The van der Waals surface area contributed by atoms with Crippen molar-refractivity contribution in [1.29, 1.82) is 0 Å². The molecule has 0 aliphatic rings. The van der Waals surface area contributed by atoms with Gasteiger partial charge >= 0.3 is 5.97 Å². The Morgan fingerprint density at radius 2 is 2.00 bits per heavy atom. The van der Waals surface area contributed by atoms with E-state index in [4.69, 9.17) is 0 Å². The minimum Gasteiger partial charge on any atom is -0.481 e. The van der Waals surface area contributed by atoms with Crippen LogP contribution in [0.3, 0.4) is 0 Å². The van der Waals surface area contributed by atoms with Crippen LogP contribution in [0.15, 0.2) is 60.2 Å². The average Bonchev–Trinajstić information content (AvgIpc) is 3.37. The van der Waals surface area contributed by atoms with Crippen molar-refractivity contribution < 1.29 is 14.7 Å². The van der Waals surface area contributed by atoms with Gasteiger partial charge in [-0.2, -0.15) is 0 Å². The normalized spacial score (nSPS) is 12.0. The van der Waals surface area contributed by atoms with Crippen LogP contribution in [0.5, 0.6) is 0 Å². The monoisotopic (exact) mass is 393 g/mol. The molecule has 0 fully saturated rings. The zero-order valence-electron chi connectivity index (χ0n) is 14.5. The molecule has 28 heavy (non-hydrogen) atoms. The lowest BCUT2D eigenvalue weighted by molar-refractivity contribution is -0.137. The van der Waals surface area contributed by atoms with Crippen molar-refractivity contribution >= 4 is 40.1 Å². The van der Waals surface area contributed by atoms with Gasteiger partial charge in [0, 0.05) is 11.1 Å². The molecule has 0 radical (unpaired) electrons. The Balaban J connectivity index is 1.72. The Morgan fingerprint density at radius 3 is 2.71 bits per heavy atom. The van der Waals surface area contributed by atoms with Gasteiger partial charge in [0.1, 0.15) is 0 Å². The van der Waals surface area contributed by atoms with Gasteiger partial charge in [0.05, 0.1) is 29.8 Å². The highest BCUT2D eigenvalue weighted by Crippen LogP contribution is 2.28. The van der Waals surface area contributed by atoms with E-state index in [1.54, 1.807) is 29.9 Å². The van der Waals surface area contributed by atoms with Crippen LogP contribution in [-0.2, 0) is 4.79 Å². The van der Waals surface area contributed by atoms with Gasteiger partial charge in [-0.1, -0.05) is 34.8 Å². The summed E-state index contributed by atoms with van der Waals surface area (Å²) in [5, 5.41) is 17.5. The predicted octanol–water partition coefficient (Wildman–Crippen LogP) is 3.20. The fraction of sp³-hybridized carbons (Fsp3) is 0.105. The Labute approximate surface area is 163 Å². The number of carbonyl (C=O) groups is 2. The maximum absolute atomic E-state index is 12.2. The Kier molecular flexibility index (Phi) is 4.81. The molecule has 1 unspecified atom stereocenters.